The van der Waals surface area contributed by atoms with Crippen molar-refractivity contribution in [3.8, 4) is 0 Å². The van der Waals surface area contributed by atoms with Crippen LogP contribution in [0.15, 0.2) is 36.4 Å². The highest BCUT2D eigenvalue weighted by Gasteiger charge is 2.31. The smallest absolute Gasteiger partial charge is 0.270 e. The second-order valence-corrected chi connectivity index (χ2v) is 12.5. The van der Waals surface area contributed by atoms with Crippen LogP contribution in [0.25, 0.3) is 10.9 Å². The van der Waals surface area contributed by atoms with Gasteiger partial charge >= 0.3 is 0 Å². The van der Waals surface area contributed by atoms with E-state index < -0.39 is 16.8 Å². The van der Waals surface area contributed by atoms with Crippen molar-refractivity contribution >= 4 is 39.8 Å². The molecule has 2 aromatic carbocycles. The number of rotatable bonds is 8. The molecule has 2 fully saturated rings. The van der Waals surface area contributed by atoms with Gasteiger partial charge in [-0.2, -0.15) is 0 Å². The Morgan fingerprint density at radius 1 is 1.07 bits per heavy atom. The number of aryl methyl sites for hydroxylation is 2. The third-order valence-electron chi connectivity index (χ3n) is 8.99. The van der Waals surface area contributed by atoms with Gasteiger partial charge in [-0.1, -0.05) is 0 Å². The fourth-order valence-electron chi connectivity index (χ4n) is 6.28. The summed E-state index contributed by atoms with van der Waals surface area (Å²) in [6.07, 6.45) is 1.54. The van der Waals surface area contributed by atoms with E-state index in [0.29, 0.717) is 32.7 Å². The molecule has 3 aromatic rings. The summed E-state index contributed by atoms with van der Waals surface area (Å²) in [5.41, 5.74) is 3.67. The number of aromatic nitrogens is 1. The number of fused-ring (bicyclic) bond motifs is 1. The first kappa shape index (κ1) is 32.1. The minimum Gasteiger partial charge on any atom is -0.378 e. The molecule has 2 saturated heterocycles. The molecule has 1 aromatic heterocycles. The molecular formula is C33H42FN7O4. The molecule has 2 amide bonds. The second-order valence-electron chi connectivity index (χ2n) is 12.5. The Bertz CT molecular complexity index is 1600. The molecule has 2 aliphatic heterocycles. The van der Waals surface area contributed by atoms with Crippen LogP contribution in [0.2, 0.25) is 0 Å². The monoisotopic (exact) mass is 619 g/mol. The van der Waals surface area contributed by atoms with Crippen LogP contribution >= 0.6 is 0 Å². The highest BCUT2D eigenvalue weighted by molar-refractivity contribution is 5.94. The van der Waals surface area contributed by atoms with Crippen LogP contribution in [0, 0.1) is 35.7 Å². The number of benzene rings is 2. The van der Waals surface area contributed by atoms with E-state index in [1.54, 1.807) is 25.9 Å². The number of nitrogens with zero attached hydrogens (tertiary/aromatic N) is 6. The zero-order valence-corrected chi connectivity index (χ0v) is 26.7. The summed E-state index contributed by atoms with van der Waals surface area (Å²) in [7, 11) is 3.52. The van der Waals surface area contributed by atoms with Crippen LogP contribution in [0.3, 0.4) is 0 Å². The first-order valence-corrected chi connectivity index (χ1v) is 15.5. The number of nitro benzene ring substituents is 1. The number of nitrogens with one attached hydrogen (secondary N) is 1. The van der Waals surface area contributed by atoms with Crippen LogP contribution in [0.4, 0.5) is 21.5 Å². The molecule has 0 unspecified atom stereocenters. The maximum atomic E-state index is 15.1. The van der Waals surface area contributed by atoms with Crippen LogP contribution < -0.4 is 10.2 Å². The molecule has 0 saturated carbocycles. The lowest BCUT2D eigenvalue weighted by molar-refractivity contribution is -0.385. The molecule has 0 bridgehead atoms. The number of halogens is 1. The van der Waals surface area contributed by atoms with Crippen LogP contribution in [-0.2, 0) is 9.59 Å². The lowest BCUT2D eigenvalue weighted by Crippen LogP contribution is -2.52. The van der Waals surface area contributed by atoms with E-state index in [2.05, 4.69) is 26.2 Å². The minimum atomic E-state index is -0.535. The van der Waals surface area contributed by atoms with Gasteiger partial charge in [0.05, 0.1) is 23.0 Å². The van der Waals surface area contributed by atoms with Gasteiger partial charge in [-0.25, -0.2) is 4.39 Å². The van der Waals surface area contributed by atoms with Crippen molar-refractivity contribution in [2.24, 2.45) is 5.92 Å². The van der Waals surface area contributed by atoms with Gasteiger partial charge in [0, 0.05) is 86.3 Å². The highest BCUT2D eigenvalue weighted by Crippen LogP contribution is 2.33. The third kappa shape index (κ3) is 7.16. The third-order valence-corrected chi connectivity index (χ3v) is 8.99. The van der Waals surface area contributed by atoms with E-state index in [-0.39, 0.29) is 34.5 Å². The van der Waals surface area contributed by atoms with Crippen molar-refractivity contribution in [1.29, 1.82) is 0 Å². The molecule has 12 heteroatoms. The number of nitro groups is 1. The second kappa shape index (κ2) is 13.4. The molecular weight excluding hydrogens is 577 g/mol. The Balaban J connectivity index is 1.25. The standard InChI is InChI=1S/C33H42FN7O4/c1-21-16-26(41(44)45)19-27(32(21)34)23(3)36-30-17-22(2)35-29-7-6-25(18-28(29)30)39-12-14-40(15-13-39)33(43)24-8-10-38(11-9-24)20-31(42)37(4)5/h6-7,16-19,23-24H,8-15,20H2,1-5H3,(H,35,36)/t23-/m1/s1. The van der Waals surface area contributed by atoms with Crippen LogP contribution in [0.1, 0.15) is 42.6 Å². The molecule has 1 N–H and O–H groups in total. The van der Waals surface area contributed by atoms with Crippen molar-refractivity contribution < 1.29 is 18.9 Å². The van der Waals surface area contributed by atoms with Crippen molar-refractivity contribution in [2.75, 3.05) is 70.1 Å². The number of likely N-dealkylation sites (tertiary alicyclic amines) is 1. The van der Waals surface area contributed by atoms with E-state index in [0.717, 1.165) is 53.9 Å². The molecule has 5 rings (SSSR count). The number of piperazine rings is 1. The number of hydrogen-bond acceptors (Lipinski definition) is 8. The van der Waals surface area contributed by atoms with Gasteiger partial charge < -0.3 is 20.0 Å². The molecule has 0 spiro atoms. The molecule has 11 nitrogen and oxygen atoms in total. The number of hydrogen-bond donors (Lipinski definition) is 1. The van der Waals surface area contributed by atoms with E-state index in [9.17, 15) is 19.7 Å². The Morgan fingerprint density at radius 2 is 1.76 bits per heavy atom. The number of non-ortho nitro benzene ring substituents is 1. The molecule has 45 heavy (non-hydrogen) atoms. The van der Waals surface area contributed by atoms with E-state index in [1.165, 1.54) is 19.1 Å². The Kier molecular flexibility index (Phi) is 9.52. The van der Waals surface area contributed by atoms with Crippen molar-refractivity contribution in [3.63, 3.8) is 0 Å². The number of piperidine rings is 1. The Morgan fingerprint density at radius 3 is 2.40 bits per heavy atom. The highest BCUT2D eigenvalue weighted by atomic mass is 19.1. The number of carbonyl (C=O) groups is 2. The maximum absolute atomic E-state index is 15.1. The van der Waals surface area contributed by atoms with E-state index in [1.807, 2.05) is 30.0 Å². The molecule has 0 aliphatic carbocycles. The SMILES string of the molecule is Cc1cc(N[C@H](C)c2cc([N+](=O)[O-])cc(C)c2F)c2cc(N3CCN(C(=O)C4CCN(CC(=O)N(C)C)CC4)CC3)ccc2n1. The summed E-state index contributed by atoms with van der Waals surface area (Å²) in [4.78, 5) is 49.0. The predicted octanol–water partition coefficient (Wildman–Crippen LogP) is 4.52. The average molecular weight is 620 g/mol. The van der Waals surface area contributed by atoms with E-state index >= 15 is 4.39 Å². The van der Waals surface area contributed by atoms with Gasteiger partial charge in [-0.15, -0.1) is 0 Å². The maximum Gasteiger partial charge on any atom is 0.270 e. The van der Waals surface area contributed by atoms with Gasteiger partial charge in [-0.3, -0.25) is 29.6 Å². The largest absolute Gasteiger partial charge is 0.378 e. The summed E-state index contributed by atoms with van der Waals surface area (Å²) < 4.78 is 15.1. The molecule has 3 heterocycles. The number of likely N-dealkylation sites (N-methyl/N-ethyl adjacent to an activating group) is 1. The summed E-state index contributed by atoms with van der Waals surface area (Å²) in [5, 5.41) is 15.7. The first-order valence-electron chi connectivity index (χ1n) is 15.5. The van der Waals surface area contributed by atoms with Gasteiger partial charge in [0.2, 0.25) is 11.8 Å². The lowest BCUT2D eigenvalue weighted by atomic mass is 9.95. The summed E-state index contributed by atoms with van der Waals surface area (Å²) in [5.74, 6) is -0.184. The average Bonchev–Trinajstić information content (AvgIpc) is 3.02. The molecule has 240 valence electrons. The van der Waals surface area contributed by atoms with E-state index in [4.69, 9.17) is 0 Å². The van der Waals surface area contributed by atoms with Gasteiger partial charge in [0.1, 0.15) is 5.82 Å². The molecule has 0 radical (unpaired) electrons. The van der Waals surface area contributed by atoms with Gasteiger partial charge in [0.15, 0.2) is 0 Å². The number of carbonyl (C=O) groups excluding carboxylic acids is 2. The van der Waals surface area contributed by atoms with Gasteiger partial charge in [-0.05, 0) is 76.5 Å². The van der Waals surface area contributed by atoms with Crippen molar-refractivity contribution in [3.05, 3.63) is 69.2 Å². The van der Waals surface area contributed by atoms with Crippen molar-refractivity contribution in [1.82, 2.24) is 19.7 Å². The Labute approximate surface area is 263 Å². The minimum absolute atomic E-state index is 0.00691. The quantitative estimate of drug-likeness (QED) is 0.289. The topological polar surface area (TPSA) is 115 Å². The summed E-state index contributed by atoms with van der Waals surface area (Å²) in [6, 6.07) is 9.98. The van der Waals surface area contributed by atoms with Gasteiger partial charge in [0.25, 0.3) is 5.69 Å². The Hall–Kier alpha value is -4.32. The molecule has 1 atom stereocenters. The first-order chi connectivity index (χ1) is 21.4. The number of amides is 2. The molecule has 2 aliphatic rings. The lowest BCUT2D eigenvalue weighted by Gasteiger charge is -2.39. The normalized spacial score (nSPS) is 16.9. The number of anilines is 2. The predicted molar refractivity (Wildman–Crippen MR) is 173 cm³/mol. The summed E-state index contributed by atoms with van der Waals surface area (Å²) >= 11 is 0. The summed E-state index contributed by atoms with van der Waals surface area (Å²) in [6.45, 7) is 9.78. The van der Waals surface area contributed by atoms with Crippen LogP contribution in [-0.4, -0.2) is 96.3 Å². The van der Waals surface area contributed by atoms with Crippen LogP contribution in [0.5, 0.6) is 0 Å². The van der Waals surface area contributed by atoms with Crippen molar-refractivity contribution in [2.45, 2.75) is 39.7 Å². The fourth-order valence-corrected chi connectivity index (χ4v) is 6.28. The zero-order chi connectivity index (χ0) is 32.4. The fraction of sp³-hybridized carbons (Fsp3) is 0.485. The number of pyridine rings is 1. The zero-order valence-electron chi connectivity index (χ0n) is 26.7.